The molecule has 1 aromatic heterocycles. The van der Waals surface area contributed by atoms with Gasteiger partial charge in [-0.1, -0.05) is 6.92 Å². The highest BCUT2D eigenvalue weighted by atomic mass is 32.2. The van der Waals surface area contributed by atoms with Crippen molar-refractivity contribution in [2.45, 2.75) is 33.7 Å². The van der Waals surface area contributed by atoms with E-state index in [1.165, 1.54) is 0 Å². The molecule has 1 aliphatic heterocycles. The van der Waals surface area contributed by atoms with Crippen LogP contribution in [0.4, 0.5) is 0 Å². The van der Waals surface area contributed by atoms with Crippen LogP contribution in [0.1, 0.15) is 35.1 Å². The molecule has 1 aliphatic rings. The minimum Gasteiger partial charge on any atom is -0.396 e. The molecular formula is C16H25NO3S. The summed E-state index contributed by atoms with van der Waals surface area (Å²) in [5.41, 5.74) is 2.95. The first kappa shape index (κ1) is 16.6. The molecule has 21 heavy (non-hydrogen) atoms. The Kier molecular flexibility index (Phi) is 5.52. The number of nitrogens with zero attached hydrogens (tertiary/aromatic N) is 1. The predicted octanol–water partition coefficient (Wildman–Crippen LogP) is 2.44. The van der Waals surface area contributed by atoms with Crippen molar-refractivity contribution in [3.63, 3.8) is 0 Å². The van der Waals surface area contributed by atoms with E-state index in [1.807, 2.05) is 13.0 Å². The molecule has 4 nitrogen and oxygen atoms in total. The highest BCUT2D eigenvalue weighted by molar-refractivity contribution is 8.00. The van der Waals surface area contributed by atoms with E-state index in [1.54, 1.807) is 11.8 Å². The number of aliphatic hydroxyl groups is 1. The molecule has 0 aliphatic carbocycles. The number of thioether (sulfide) groups is 1. The van der Waals surface area contributed by atoms with E-state index in [4.69, 9.17) is 4.74 Å². The third-order valence-corrected chi connectivity index (χ3v) is 5.40. The molecule has 118 valence electrons. The molecule has 2 heterocycles. The van der Waals surface area contributed by atoms with Crippen LogP contribution >= 0.6 is 11.8 Å². The van der Waals surface area contributed by atoms with Crippen LogP contribution in [0.2, 0.25) is 0 Å². The van der Waals surface area contributed by atoms with E-state index in [-0.39, 0.29) is 17.8 Å². The first-order valence-corrected chi connectivity index (χ1v) is 8.65. The number of carbonyl (C=O) groups excluding carboxylic acids is 1. The molecule has 1 N–H and O–H groups in total. The van der Waals surface area contributed by atoms with Gasteiger partial charge in [-0.2, -0.15) is 11.8 Å². The van der Waals surface area contributed by atoms with Gasteiger partial charge < -0.3 is 14.4 Å². The van der Waals surface area contributed by atoms with Crippen molar-refractivity contribution in [2.24, 2.45) is 5.41 Å². The lowest BCUT2D eigenvalue weighted by molar-refractivity contribution is -0.121. The smallest absolute Gasteiger partial charge is 0.174 e. The Bertz CT molecular complexity index is 500. The number of aryl methyl sites for hydroxylation is 1. The Morgan fingerprint density at radius 3 is 2.71 bits per heavy atom. The molecule has 1 fully saturated rings. The normalized spacial score (nSPS) is 16.8. The topological polar surface area (TPSA) is 51.5 Å². The van der Waals surface area contributed by atoms with Gasteiger partial charge in [0.25, 0.3) is 0 Å². The van der Waals surface area contributed by atoms with Crippen LogP contribution in [0.5, 0.6) is 0 Å². The summed E-state index contributed by atoms with van der Waals surface area (Å²) < 4.78 is 7.39. The fourth-order valence-corrected chi connectivity index (χ4v) is 3.83. The predicted molar refractivity (Wildman–Crippen MR) is 86.2 cm³/mol. The maximum atomic E-state index is 12.4. The van der Waals surface area contributed by atoms with Crippen LogP contribution in [0.25, 0.3) is 0 Å². The molecule has 0 radical (unpaired) electrons. The van der Waals surface area contributed by atoms with Gasteiger partial charge in [-0.3, -0.25) is 4.79 Å². The summed E-state index contributed by atoms with van der Waals surface area (Å²) in [4.78, 5) is 12.4. The van der Waals surface area contributed by atoms with Gasteiger partial charge in [0, 0.05) is 34.7 Å². The fraction of sp³-hybridized carbons (Fsp3) is 0.688. The van der Waals surface area contributed by atoms with E-state index in [2.05, 4.69) is 18.4 Å². The quantitative estimate of drug-likeness (QED) is 0.749. The third-order valence-electron chi connectivity index (χ3n) is 4.11. The van der Waals surface area contributed by atoms with Gasteiger partial charge in [0.05, 0.1) is 25.6 Å². The van der Waals surface area contributed by atoms with E-state index < -0.39 is 0 Å². The number of aromatic nitrogens is 1. The number of aliphatic hydroxyl groups excluding tert-OH is 1. The summed E-state index contributed by atoms with van der Waals surface area (Å²) >= 11 is 1.60. The second-order valence-corrected chi connectivity index (χ2v) is 6.99. The number of ketones is 1. The molecule has 1 saturated heterocycles. The lowest BCUT2D eigenvalue weighted by Crippen LogP contribution is -2.47. The maximum Gasteiger partial charge on any atom is 0.174 e. The van der Waals surface area contributed by atoms with Gasteiger partial charge >= 0.3 is 0 Å². The largest absolute Gasteiger partial charge is 0.396 e. The highest BCUT2D eigenvalue weighted by Gasteiger charge is 2.38. The van der Waals surface area contributed by atoms with Gasteiger partial charge in [-0.15, -0.1) is 0 Å². The van der Waals surface area contributed by atoms with Gasteiger partial charge in [0.1, 0.15) is 0 Å². The minimum atomic E-state index is -0.121. The maximum absolute atomic E-state index is 12.4. The van der Waals surface area contributed by atoms with E-state index >= 15 is 0 Å². The van der Waals surface area contributed by atoms with Gasteiger partial charge in [-0.05, 0) is 26.3 Å². The van der Waals surface area contributed by atoms with Crippen LogP contribution < -0.4 is 0 Å². The van der Waals surface area contributed by atoms with Crippen LogP contribution in [0.3, 0.4) is 0 Å². The van der Waals surface area contributed by atoms with Crippen molar-refractivity contribution in [1.82, 2.24) is 4.57 Å². The summed E-state index contributed by atoms with van der Waals surface area (Å²) in [5, 5.41) is 9.38. The zero-order valence-electron chi connectivity index (χ0n) is 13.1. The molecule has 0 atom stereocenters. The molecule has 0 amide bonds. The van der Waals surface area contributed by atoms with Crippen LogP contribution in [0, 0.1) is 19.3 Å². The number of Topliss-reactive ketones (excluding diaryl/α,β-unsaturated/α-hetero) is 1. The van der Waals surface area contributed by atoms with E-state index in [0.29, 0.717) is 19.0 Å². The van der Waals surface area contributed by atoms with Crippen molar-refractivity contribution in [3.8, 4) is 0 Å². The fourth-order valence-electron chi connectivity index (χ4n) is 2.70. The molecular weight excluding hydrogens is 286 g/mol. The monoisotopic (exact) mass is 311 g/mol. The summed E-state index contributed by atoms with van der Waals surface area (Å²) in [6.45, 7) is 8.54. The van der Waals surface area contributed by atoms with Crippen LogP contribution in [-0.4, -0.2) is 46.8 Å². The number of hydrogen-bond acceptors (Lipinski definition) is 4. The average Bonchev–Trinajstić information content (AvgIpc) is 2.70. The third kappa shape index (κ3) is 3.52. The van der Waals surface area contributed by atoms with E-state index in [9.17, 15) is 9.90 Å². The summed E-state index contributed by atoms with van der Waals surface area (Å²) in [5.74, 6) is 1.44. The molecule has 0 unspecified atom stereocenters. The molecule has 0 aromatic carbocycles. The minimum absolute atomic E-state index is 0.121. The summed E-state index contributed by atoms with van der Waals surface area (Å²) in [7, 11) is 0. The van der Waals surface area contributed by atoms with Crippen molar-refractivity contribution < 1.29 is 14.6 Å². The zero-order valence-corrected chi connectivity index (χ0v) is 14.0. The average molecular weight is 311 g/mol. The lowest BCUT2D eigenvalue weighted by atomic mass is 9.90. The SMILES string of the molecule is CCCn1c(C)cc(C(=O)CSCC2(CO)COC2)c1C. The Morgan fingerprint density at radius 2 is 2.19 bits per heavy atom. The number of ether oxygens (including phenoxy) is 1. The number of carbonyl (C=O) groups is 1. The van der Waals surface area contributed by atoms with Gasteiger partial charge in [0.15, 0.2) is 5.78 Å². The van der Waals surface area contributed by atoms with Crippen molar-refractivity contribution in [1.29, 1.82) is 0 Å². The van der Waals surface area contributed by atoms with Crippen molar-refractivity contribution in [3.05, 3.63) is 23.0 Å². The first-order chi connectivity index (χ1) is 10.0. The van der Waals surface area contributed by atoms with Crippen molar-refractivity contribution >= 4 is 17.5 Å². The summed E-state index contributed by atoms with van der Waals surface area (Å²) in [6, 6.07) is 2.00. The molecule has 0 saturated carbocycles. The Balaban J connectivity index is 1.93. The Hall–Kier alpha value is -0.780. The number of hydrogen-bond donors (Lipinski definition) is 1. The molecule has 2 rings (SSSR count). The molecule has 0 spiro atoms. The lowest BCUT2D eigenvalue weighted by Gasteiger charge is -2.39. The van der Waals surface area contributed by atoms with E-state index in [0.717, 1.165) is 35.7 Å². The Morgan fingerprint density at radius 1 is 1.48 bits per heavy atom. The zero-order chi connectivity index (χ0) is 15.5. The molecule has 1 aromatic rings. The summed E-state index contributed by atoms with van der Waals surface area (Å²) in [6.07, 6.45) is 1.07. The Labute approximate surface area is 130 Å². The van der Waals surface area contributed by atoms with Crippen LogP contribution in [0.15, 0.2) is 6.07 Å². The second-order valence-electron chi connectivity index (χ2n) is 6.00. The molecule has 5 heteroatoms. The second kappa shape index (κ2) is 6.99. The first-order valence-electron chi connectivity index (χ1n) is 7.49. The van der Waals surface area contributed by atoms with Gasteiger partial charge in [-0.25, -0.2) is 0 Å². The standard InChI is InChI=1S/C16H25NO3S/c1-4-5-17-12(2)6-14(13(17)3)15(19)7-21-11-16(8-18)9-20-10-16/h6,18H,4-5,7-11H2,1-3H3. The van der Waals surface area contributed by atoms with Crippen molar-refractivity contribution in [2.75, 3.05) is 31.3 Å². The molecule has 0 bridgehead atoms. The highest BCUT2D eigenvalue weighted by Crippen LogP contribution is 2.31. The van der Waals surface area contributed by atoms with Crippen LogP contribution in [-0.2, 0) is 11.3 Å². The number of rotatable bonds is 8. The van der Waals surface area contributed by atoms with Gasteiger partial charge in [0.2, 0.25) is 0 Å².